The Morgan fingerprint density at radius 2 is 2.00 bits per heavy atom. The van der Waals surface area contributed by atoms with Crippen LogP contribution < -0.4 is 5.32 Å². The maximum absolute atomic E-state index is 12.5. The van der Waals surface area contributed by atoms with Crippen molar-refractivity contribution in [3.63, 3.8) is 0 Å². The van der Waals surface area contributed by atoms with Gasteiger partial charge in [0.25, 0.3) is 0 Å². The summed E-state index contributed by atoms with van der Waals surface area (Å²) in [5.41, 5.74) is 0.0541. The first kappa shape index (κ1) is 12.7. The normalized spacial score (nSPS) is 24.5. The van der Waals surface area contributed by atoms with Crippen LogP contribution in [0.25, 0.3) is 0 Å². The van der Waals surface area contributed by atoms with Crippen molar-refractivity contribution >= 4 is 11.6 Å². The van der Waals surface area contributed by atoms with E-state index in [0.29, 0.717) is 18.2 Å². The van der Waals surface area contributed by atoms with Crippen LogP contribution in [-0.4, -0.2) is 11.4 Å². The molecule has 0 heterocycles. The Morgan fingerprint density at radius 3 is 2.59 bits per heavy atom. The molecule has 0 saturated heterocycles. The molecule has 1 saturated carbocycles. The van der Waals surface area contributed by atoms with Gasteiger partial charge in [-0.05, 0) is 24.5 Å². The number of benzene rings is 1. The molecule has 1 aliphatic rings. The Hall–Kier alpha value is -0.740. The topological polar surface area (TPSA) is 12.0 Å². The lowest BCUT2D eigenvalue weighted by atomic mass is 9.92. The standard InChI is InChI=1S/C12H13ClF3N/c13-10-5-11(6-10)17-7-8-2-1-3-9(4-8)12(14,15)16/h1-4,10-11,17H,5-7H2. The second-order valence-corrected chi connectivity index (χ2v) is 4.96. The summed E-state index contributed by atoms with van der Waals surface area (Å²) in [6.45, 7) is 0.457. The zero-order valence-electron chi connectivity index (χ0n) is 9.10. The monoisotopic (exact) mass is 263 g/mol. The van der Waals surface area contributed by atoms with E-state index in [9.17, 15) is 13.2 Å². The Labute approximate surface area is 103 Å². The number of alkyl halides is 4. The minimum Gasteiger partial charge on any atom is -0.310 e. The zero-order chi connectivity index (χ0) is 12.5. The van der Waals surface area contributed by atoms with Crippen molar-refractivity contribution in [1.29, 1.82) is 0 Å². The summed E-state index contributed by atoms with van der Waals surface area (Å²) >= 11 is 5.82. The molecule has 2 rings (SSSR count). The van der Waals surface area contributed by atoms with E-state index in [-0.39, 0.29) is 5.38 Å². The predicted molar refractivity (Wildman–Crippen MR) is 60.9 cm³/mol. The Balaban J connectivity index is 1.92. The van der Waals surface area contributed by atoms with E-state index in [1.165, 1.54) is 12.1 Å². The van der Waals surface area contributed by atoms with Gasteiger partial charge in [-0.25, -0.2) is 0 Å². The van der Waals surface area contributed by atoms with Crippen molar-refractivity contribution in [2.45, 2.75) is 37.0 Å². The lowest BCUT2D eigenvalue weighted by Gasteiger charge is -2.31. The predicted octanol–water partition coefficient (Wildman–Crippen LogP) is 3.56. The largest absolute Gasteiger partial charge is 0.416 e. The second kappa shape index (κ2) is 4.86. The van der Waals surface area contributed by atoms with Crippen LogP contribution in [0.2, 0.25) is 0 Å². The van der Waals surface area contributed by atoms with Crippen LogP contribution in [0.5, 0.6) is 0 Å². The number of nitrogens with one attached hydrogen (secondary N) is 1. The van der Waals surface area contributed by atoms with Crippen molar-refractivity contribution < 1.29 is 13.2 Å². The second-order valence-electron chi connectivity index (χ2n) is 4.34. The number of hydrogen-bond acceptors (Lipinski definition) is 1. The molecule has 94 valence electrons. The summed E-state index contributed by atoms with van der Waals surface area (Å²) in [6, 6.07) is 5.74. The molecule has 0 spiro atoms. The number of halogens is 4. The highest BCUT2D eigenvalue weighted by Crippen LogP contribution is 2.30. The third-order valence-corrected chi connectivity index (χ3v) is 3.29. The highest BCUT2D eigenvalue weighted by molar-refractivity contribution is 6.21. The molecule has 1 N–H and O–H groups in total. The van der Waals surface area contributed by atoms with Crippen molar-refractivity contribution in [1.82, 2.24) is 5.32 Å². The van der Waals surface area contributed by atoms with Crippen LogP contribution >= 0.6 is 11.6 Å². The fourth-order valence-corrected chi connectivity index (χ4v) is 2.27. The molecule has 0 bridgehead atoms. The molecule has 5 heteroatoms. The highest BCUT2D eigenvalue weighted by Gasteiger charge is 2.30. The lowest BCUT2D eigenvalue weighted by Crippen LogP contribution is -2.41. The average Bonchev–Trinajstić information content (AvgIpc) is 2.22. The van der Waals surface area contributed by atoms with Gasteiger partial charge in [-0.1, -0.05) is 18.2 Å². The first-order valence-electron chi connectivity index (χ1n) is 5.49. The van der Waals surface area contributed by atoms with E-state index in [4.69, 9.17) is 11.6 Å². The van der Waals surface area contributed by atoms with Crippen LogP contribution in [0, 0.1) is 0 Å². The molecule has 0 unspecified atom stereocenters. The number of rotatable bonds is 3. The Morgan fingerprint density at radius 1 is 1.29 bits per heavy atom. The molecule has 17 heavy (non-hydrogen) atoms. The SMILES string of the molecule is FC(F)(F)c1cccc(CNC2CC(Cl)C2)c1. The van der Waals surface area contributed by atoms with E-state index in [2.05, 4.69) is 5.32 Å². The summed E-state index contributed by atoms with van der Waals surface area (Å²) in [7, 11) is 0. The van der Waals surface area contributed by atoms with Crippen LogP contribution in [0.4, 0.5) is 13.2 Å². The van der Waals surface area contributed by atoms with E-state index in [1.807, 2.05) is 0 Å². The minimum atomic E-state index is -4.27. The third kappa shape index (κ3) is 3.36. The maximum atomic E-state index is 12.5. The van der Waals surface area contributed by atoms with Gasteiger partial charge in [0, 0.05) is 18.0 Å². The van der Waals surface area contributed by atoms with E-state index in [1.54, 1.807) is 6.07 Å². The van der Waals surface area contributed by atoms with Gasteiger partial charge in [0.1, 0.15) is 0 Å². The summed E-state index contributed by atoms with van der Waals surface area (Å²) < 4.78 is 37.4. The lowest BCUT2D eigenvalue weighted by molar-refractivity contribution is -0.137. The zero-order valence-corrected chi connectivity index (χ0v) is 9.85. The van der Waals surface area contributed by atoms with Gasteiger partial charge in [0.2, 0.25) is 0 Å². The Kier molecular flexibility index (Phi) is 3.64. The molecule has 1 aromatic rings. The Bertz CT molecular complexity index is 386. The molecule has 1 aromatic carbocycles. The number of hydrogen-bond donors (Lipinski definition) is 1. The summed E-state index contributed by atoms with van der Waals surface area (Å²) in [5.74, 6) is 0. The van der Waals surface area contributed by atoms with Crippen LogP contribution in [0.1, 0.15) is 24.0 Å². The molecule has 0 atom stereocenters. The molecule has 0 radical (unpaired) electrons. The quantitative estimate of drug-likeness (QED) is 0.822. The first-order chi connectivity index (χ1) is 7.95. The molecule has 0 amide bonds. The van der Waals surface area contributed by atoms with Crippen molar-refractivity contribution in [3.8, 4) is 0 Å². The molecule has 1 nitrogen and oxygen atoms in total. The van der Waals surface area contributed by atoms with E-state index < -0.39 is 11.7 Å². The fraction of sp³-hybridized carbons (Fsp3) is 0.500. The van der Waals surface area contributed by atoms with Crippen molar-refractivity contribution in [2.75, 3.05) is 0 Å². The first-order valence-corrected chi connectivity index (χ1v) is 5.92. The van der Waals surface area contributed by atoms with Crippen molar-refractivity contribution in [2.24, 2.45) is 0 Å². The molecular weight excluding hydrogens is 251 g/mol. The van der Waals surface area contributed by atoms with Crippen LogP contribution in [-0.2, 0) is 12.7 Å². The van der Waals surface area contributed by atoms with Gasteiger partial charge < -0.3 is 5.32 Å². The van der Waals surface area contributed by atoms with Gasteiger partial charge in [-0.15, -0.1) is 11.6 Å². The molecule has 0 aromatic heterocycles. The fourth-order valence-electron chi connectivity index (χ4n) is 1.83. The van der Waals surface area contributed by atoms with Crippen molar-refractivity contribution in [3.05, 3.63) is 35.4 Å². The molecule has 1 fully saturated rings. The minimum absolute atomic E-state index is 0.217. The maximum Gasteiger partial charge on any atom is 0.416 e. The summed E-state index contributed by atoms with van der Waals surface area (Å²) in [5, 5.41) is 3.41. The molecule has 0 aliphatic heterocycles. The van der Waals surface area contributed by atoms with Gasteiger partial charge >= 0.3 is 6.18 Å². The summed E-state index contributed by atoms with van der Waals surface area (Å²) in [6.07, 6.45) is -2.49. The molecule has 1 aliphatic carbocycles. The van der Waals surface area contributed by atoms with Gasteiger partial charge in [-0.2, -0.15) is 13.2 Å². The van der Waals surface area contributed by atoms with Gasteiger partial charge in [0.05, 0.1) is 5.56 Å². The smallest absolute Gasteiger partial charge is 0.310 e. The van der Waals surface area contributed by atoms with E-state index >= 15 is 0 Å². The third-order valence-electron chi connectivity index (χ3n) is 2.93. The molecular formula is C12H13ClF3N. The van der Waals surface area contributed by atoms with E-state index in [0.717, 1.165) is 18.9 Å². The van der Waals surface area contributed by atoms with Gasteiger partial charge in [-0.3, -0.25) is 0 Å². The average molecular weight is 264 g/mol. The van der Waals surface area contributed by atoms with Crippen LogP contribution in [0.15, 0.2) is 24.3 Å². The summed E-state index contributed by atoms with van der Waals surface area (Å²) in [4.78, 5) is 0. The van der Waals surface area contributed by atoms with Crippen LogP contribution in [0.3, 0.4) is 0 Å². The van der Waals surface area contributed by atoms with Gasteiger partial charge in [0.15, 0.2) is 0 Å². The highest BCUT2D eigenvalue weighted by atomic mass is 35.5.